The molecule has 0 atom stereocenters. The lowest BCUT2D eigenvalue weighted by Gasteiger charge is -2.08. The summed E-state index contributed by atoms with van der Waals surface area (Å²) in [6, 6.07) is 2.61. The Morgan fingerprint density at radius 2 is 2.33 bits per heavy atom. The number of nitrogens with zero attached hydrogens (tertiary/aromatic N) is 1. The Hall–Kier alpha value is -0.830. The van der Waals surface area contributed by atoms with Gasteiger partial charge < -0.3 is 9.84 Å². The Morgan fingerprint density at radius 3 is 3.00 bits per heavy atom. The molecule has 0 aromatic carbocycles. The van der Waals surface area contributed by atoms with Gasteiger partial charge in [-0.05, 0) is 12.8 Å². The van der Waals surface area contributed by atoms with E-state index < -0.39 is 0 Å². The Balaban J connectivity index is 1.74. The van der Waals surface area contributed by atoms with Gasteiger partial charge in [0.05, 0.1) is 12.7 Å². The molecule has 12 heavy (non-hydrogen) atoms. The Kier molecular flexibility index (Phi) is 2.42. The number of rotatable bonds is 3. The van der Waals surface area contributed by atoms with Gasteiger partial charge in [-0.1, -0.05) is 18.0 Å². The summed E-state index contributed by atoms with van der Waals surface area (Å²) in [5, 5.41) is 7.10. The lowest BCUT2D eigenvalue weighted by Crippen LogP contribution is -2.24. The Morgan fingerprint density at radius 1 is 1.50 bits per heavy atom. The molecule has 2 rings (SSSR count). The summed E-state index contributed by atoms with van der Waals surface area (Å²) in [6.07, 6.45) is 7.05. The van der Waals surface area contributed by atoms with Crippen LogP contribution >= 0.6 is 0 Å². The van der Waals surface area contributed by atoms with Gasteiger partial charge in [-0.2, -0.15) is 0 Å². The van der Waals surface area contributed by atoms with Crippen molar-refractivity contribution in [2.24, 2.45) is 0 Å². The third-order valence-corrected chi connectivity index (χ3v) is 2.41. The first-order chi connectivity index (χ1) is 5.95. The van der Waals surface area contributed by atoms with Gasteiger partial charge in [-0.15, -0.1) is 0 Å². The van der Waals surface area contributed by atoms with E-state index in [-0.39, 0.29) is 0 Å². The van der Waals surface area contributed by atoms with E-state index in [0.29, 0.717) is 6.04 Å². The molecule has 1 aliphatic carbocycles. The molecule has 1 saturated carbocycles. The number of aromatic nitrogens is 1. The molecule has 1 aromatic heterocycles. The van der Waals surface area contributed by atoms with E-state index in [1.54, 1.807) is 6.20 Å². The van der Waals surface area contributed by atoms with E-state index >= 15 is 0 Å². The topological polar surface area (TPSA) is 38.1 Å². The molecular formula is C9H14N2O. The van der Waals surface area contributed by atoms with E-state index in [9.17, 15) is 0 Å². The largest absolute Gasteiger partial charge is 0.360 e. The second-order valence-electron chi connectivity index (χ2n) is 3.34. The van der Waals surface area contributed by atoms with Gasteiger partial charge in [0.15, 0.2) is 0 Å². The monoisotopic (exact) mass is 166 g/mol. The van der Waals surface area contributed by atoms with Crippen molar-refractivity contribution in [2.45, 2.75) is 38.3 Å². The van der Waals surface area contributed by atoms with Crippen LogP contribution in [-0.4, -0.2) is 11.2 Å². The zero-order valence-electron chi connectivity index (χ0n) is 7.12. The first-order valence-electron chi connectivity index (χ1n) is 4.58. The van der Waals surface area contributed by atoms with Crippen LogP contribution in [0.2, 0.25) is 0 Å². The lowest BCUT2D eigenvalue weighted by atomic mass is 10.2. The fourth-order valence-electron chi connectivity index (χ4n) is 1.71. The predicted octanol–water partition coefficient (Wildman–Crippen LogP) is 1.71. The molecule has 0 saturated heterocycles. The maximum absolute atomic E-state index is 4.98. The molecular weight excluding hydrogens is 152 g/mol. The minimum Gasteiger partial charge on any atom is -0.360 e. The maximum Gasteiger partial charge on any atom is 0.150 e. The minimum absolute atomic E-state index is 0.704. The van der Waals surface area contributed by atoms with Gasteiger partial charge in [0.25, 0.3) is 0 Å². The summed E-state index contributed by atoms with van der Waals surface area (Å²) in [4.78, 5) is 0. The molecule has 0 aliphatic heterocycles. The molecule has 1 aliphatic rings. The van der Waals surface area contributed by atoms with Gasteiger partial charge >= 0.3 is 0 Å². The van der Waals surface area contributed by atoms with Gasteiger partial charge in [-0.3, -0.25) is 0 Å². The summed E-state index contributed by atoms with van der Waals surface area (Å²) in [5.41, 5.74) is 0. The molecule has 0 radical (unpaired) electrons. The van der Waals surface area contributed by atoms with Crippen LogP contribution in [0.3, 0.4) is 0 Å². The van der Waals surface area contributed by atoms with E-state index in [4.69, 9.17) is 4.52 Å². The molecule has 0 bridgehead atoms. The molecule has 66 valence electrons. The van der Waals surface area contributed by atoms with Gasteiger partial charge in [0, 0.05) is 12.1 Å². The number of hydrogen-bond donors (Lipinski definition) is 1. The third-order valence-electron chi connectivity index (χ3n) is 2.41. The Labute approximate surface area is 72.1 Å². The fraction of sp³-hybridized carbons (Fsp3) is 0.667. The molecule has 0 spiro atoms. The summed E-state index contributed by atoms with van der Waals surface area (Å²) < 4.78 is 4.98. The highest BCUT2D eigenvalue weighted by Gasteiger charge is 2.14. The van der Waals surface area contributed by atoms with Crippen LogP contribution in [0.25, 0.3) is 0 Å². The van der Waals surface area contributed by atoms with Crippen LogP contribution in [0.4, 0.5) is 0 Å². The van der Waals surface area contributed by atoms with Crippen molar-refractivity contribution in [1.29, 1.82) is 0 Å². The quantitative estimate of drug-likeness (QED) is 0.742. The first kappa shape index (κ1) is 7.80. The highest BCUT2D eigenvalue weighted by atomic mass is 16.5. The molecule has 1 aromatic rings. The summed E-state index contributed by atoms with van der Waals surface area (Å²) >= 11 is 0. The SMILES string of the molecule is c1cc(CNC2CCCC2)on1. The fourth-order valence-corrected chi connectivity index (χ4v) is 1.71. The van der Waals surface area contributed by atoms with Crippen molar-refractivity contribution in [3.63, 3.8) is 0 Å². The van der Waals surface area contributed by atoms with Crippen molar-refractivity contribution >= 4 is 0 Å². The zero-order chi connectivity index (χ0) is 8.23. The second kappa shape index (κ2) is 3.72. The van der Waals surface area contributed by atoms with E-state index in [1.807, 2.05) is 6.07 Å². The van der Waals surface area contributed by atoms with Crippen molar-refractivity contribution in [2.75, 3.05) is 0 Å². The normalized spacial score (nSPS) is 18.7. The van der Waals surface area contributed by atoms with Crippen LogP contribution in [-0.2, 0) is 6.54 Å². The maximum atomic E-state index is 4.98. The molecule has 0 amide bonds. The predicted molar refractivity (Wildman–Crippen MR) is 45.6 cm³/mol. The molecule has 0 unspecified atom stereocenters. The summed E-state index contributed by atoms with van der Waals surface area (Å²) in [5.74, 6) is 0.932. The third kappa shape index (κ3) is 1.85. The lowest BCUT2D eigenvalue weighted by molar-refractivity contribution is 0.362. The molecule has 3 heteroatoms. The second-order valence-corrected chi connectivity index (χ2v) is 3.34. The van der Waals surface area contributed by atoms with Gasteiger partial charge in [0.1, 0.15) is 5.76 Å². The zero-order valence-corrected chi connectivity index (χ0v) is 7.12. The average molecular weight is 166 g/mol. The molecule has 1 N–H and O–H groups in total. The van der Waals surface area contributed by atoms with Crippen molar-refractivity contribution in [1.82, 2.24) is 10.5 Å². The van der Waals surface area contributed by atoms with Crippen molar-refractivity contribution in [3.8, 4) is 0 Å². The summed E-state index contributed by atoms with van der Waals surface area (Å²) in [6.45, 7) is 0.824. The molecule has 1 fully saturated rings. The van der Waals surface area contributed by atoms with Crippen molar-refractivity contribution < 1.29 is 4.52 Å². The van der Waals surface area contributed by atoms with Crippen LogP contribution in [0, 0.1) is 0 Å². The van der Waals surface area contributed by atoms with Crippen LogP contribution in [0.1, 0.15) is 31.4 Å². The average Bonchev–Trinajstić information content (AvgIpc) is 2.74. The van der Waals surface area contributed by atoms with Gasteiger partial charge in [-0.25, -0.2) is 0 Å². The summed E-state index contributed by atoms with van der Waals surface area (Å²) in [7, 11) is 0. The standard InChI is InChI=1S/C9H14N2O/c1-2-4-8(3-1)10-7-9-5-6-11-12-9/h5-6,8,10H,1-4,7H2. The van der Waals surface area contributed by atoms with Crippen molar-refractivity contribution in [3.05, 3.63) is 18.0 Å². The van der Waals surface area contributed by atoms with E-state index in [1.165, 1.54) is 25.7 Å². The molecule has 1 heterocycles. The highest BCUT2D eigenvalue weighted by Crippen LogP contribution is 2.17. The number of hydrogen-bond acceptors (Lipinski definition) is 3. The van der Waals surface area contributed by atoms with E-state index in [0.717, 1.165) is 12.3 Å². The molecule has 3 nitrogen and oxygen atoms in total. The minimum atomic E-state index is 0.704. The number of nitrogens with one attached hydrogen (secondary N) is 1. The van der Waals surface area contributed by atoms with Crippen LogP contribution < -0.4 is 5.32 Å². The van der Waals surface area contributed by atoms with Crippen LogP contribution in [0.5, 0.6) is 0 Å². The van der Waals surface area contributed by atoms with Gasteiger partial charge in [0.2, 0.25) is 0 Å². The smallest absolute Gasteiger partial charge is 0.150 e. The van der Waals surface area contributed by atoms with Crippen LogP contribution in [0.15, 0.2) is 16.8 Å². The highest BCUT2D eigenvalue weighted by molar-refractivity contribution is 4.92. The van der Waals surface area contributed by atoms with E-state index in [2.05, 4.69) is 10.5 Å². The Bertz CT molecular complexity index is 214. The first-order valence-corrected chi connectivity index (χ1v) is 4.58.